The lowest BCUT2D eigenvalue weighted by molar-refractivity contribution is 0.0148. The fraction of sp³-hybridized carbons (Fsp3) is 0.348. The van der Waals surface area contributed by atoms with Gasteiger partial charge in [0, 0.05) is 24.4 Å². The molecule has 0 atom stereocenters. The molecule has 3 heterocycles. The van der Waals surface area contributed by atoms with Gasteiger partial charge in [0.1, 0.15) is 17.1 Å². The standard InChI is InChI=1S/C23H24N4O3/c28-22-27(20-8-4-5-13-24-20)16-23(29-22)11-9-17(10-12-23)15-25-21-14-19(26-30-21)18-6-2-1-3-7-18/h1-8,13-14,17,25H,9-12,15-16H2/t17-,23-. The highest BCUT2D eigenvalue weighted by molar-refractivity contribution is 5.89. The minimum absolute atomic E-state index is 0.291. The Kier molecular flexibility index (Phi) is 4.86. The number of amides is 1. The predicted molar refractivity (Wildman–Crippen MR) is 113 cm³/mol. The van der Waals surface area contributed by atoms with Gasteiger partial charge in [0.25, 0.3) is 0 Å². The molecule has 5 rings (SSSR count). The van der Waals surface area contributed by atoms with Crippen LogP contribution in [0.2, 0.25) is 0 Å². The quantitative estimate of drug-likeness (QED) is 0.662. The minimum Gasteiger partial charge on any atom is -0.441 e. The lowest BCUT2D eigenvalue weighted by atomic mass is 9.78. The first kappa shape index (κ1) is 18.7. The Hall–Kier alpha value is -3.35. The number of anilines is 2. The van der Waals surface area contributed by atoms with Crippen LogP contribution in [0.1, 0.15) is 25.7 Å². The van der Waals surface area contributed by atoms with E-state index in [4.69, 9.17) is 9.26 Å². The first-order valence-electron chi connectivity index (χ1n) is 10.4. The molecule has 2 aliphatic rings. The monoisotopic (exact) mass is 404 g/mol. The summed E-state index contributed by atoms with van der Waals surface area (Å²) >= 11 is 0. The molecule has 1 aromatic carbocycles. The Bertz CT molecular complexity index is 998. The zero-order chi connectivity index (χ0) is 20.4. The van der Waals surface area contributed by atoms with Gasteiger partial charge in [-0.25, -0.2) is 9.78 Å². The van der Waals surface area contributed by atoms with Crippen LogP contribution >= 0.6 is 0 Å². The average molecular weight is 404 g/mol. The summed E-state index contributed by atoms with van der Waals surface area (Å²) < 4.78 is 11.3. The summed E-state index contributed by atoms with van der Waals surface area (Å²) in [5.74, 6) is 1.84. The van der Waals surface area contributed by atoms with Gasteiger partial charge < -0.3 is 14.6 Å². The van der Waals surface area contributed by atoms with Crippen LogP contribution in [0.3, 0.4) is 0 Å². The number of rotatable bonds is 5. The van der Waals surface area contributed by atoms with Gasteiger partial charge in [-0.1, -0.05) is 41.6 Å². The number of nitrogens with zero attached hydrogens (tertiary/aromatic N) is 3. The van der Waals surface area contributed by atoms with Gasteiger partial charge in [0.15, 0.2) is 0 Å². The van der Waals surface area contributed by atoms with Gasteiger partial charge in [0.05, 0.1) is 6.54 Å². The number of hydrogen-bond donors (Lipinski definition) is 1. The molecule has 1 saturated heterocycles. The maximum Gasteiger partial charge on any atom is 0.416 e. The van der Waals surface area contributed by atoms with Crippen molar-refractivity contribution < 1.29 is 14.1 Å². The molecule has 1 amide bonds. The Labute approximate surface area is 175 Å². The second-order valence-electron chi connectivity index (χ2n) is 8.09. The van der Waals surface area contributed by atoms with Crippen molar-refractivity contribution in [2.45, 2.75) is 31.3 Å². The molecular formula is C23H24N4O3. The normalized spacial score (nSPS) is 23.5. The van der Waals surface area contributed by atoms with E-state index >= 15 is 0 Å². The lowest BCUT2D eigenvalue weighted by Crippen LogP contribution is -2.39. The molecule has 30 heavy (non-hydrogen) atoms. The van der Waals surface area contributed by atoms with E-state index in [1.807, 2.05) is 54.6 Å². The van der Waals surface area contributed by atoms with Crippen molar-refractivity contribution in [2.75, 3.05) is 23.3 Å². The molecule has 7 nitrogen and oxygen atoms in total. The highest BCUT2D eigenvalue weighted by atomic mass is 16.6. The summed E-state index contributed by atoms with van der Waals surface area (Å²) in [6.45, 7) is 1.39. The maximum atomic E-state index is 12.4. The van der Waals surface area contributed by atoms with Gasteiger partial charge in [-0.05, 0) is 43.7 Å². The Morgan fingerprint density at radius 2 is 1.90 bits per heavy atom. The van der Waals surface area contributed by atoms with Crippen LogP contribution < -0.4 is 10.2 Å². The van der Waals surface area contributed by atoms with E-state index in [0.717, 1.165) is 43.5 Å². The van der Waals surface area contributed by atoms with E-state index in [1.54, 1.807) is 11.1 Å². The third kappa shape index (κ3) is 3.75. The van der Waals surface area contributed by atoms with Crippen LogP contribution in [-0.4, -0.2) is 34.9 Å². The molecule has 0 unspecified atom stereocenters. The average Bonchev–Trinajstić information content (AvgIpc) is 3.39. The van der Waals surface area contributed by atoms with Crippen molar-refractivity contribution in [2.24, 2.45) is 5.92 Å². The summed E-state index contributed by atoms with van der Waals surface area (Å²) in [6, 6.07) is 17.5. The highest BCUT2D eigenvalue weighted by Gasteiger charge is 2.47. The molecule has 3 aromatic rings. The number of hydrogen-bond acceptors (Lipinski definition) is 6. The number of nitrogens with one attached hydrogen (secondary N) is 1. The van der Waals surface area contributed by atoms with Crippen LogP contribution in [0.5, 0.6) is 0 Å². The minimum atomic E-state index is -0.391. The topological polar surface area (TPSA) is 80.5 Å². The number of aromatic nitrogens is 2. The summed E-state index contributed by atoms with van der Waals surface area (Å²) in [4.78, 5) is 18.3. The number of ether oxygens (including phenoxy) is 1. The molecule has 2 aromatic heterocycles. The molecule has 1 spiro atoms. The number of carbonyl (C=O) groups excluding carboxylic acids is 1. The van der Waals surface area contributed by atoms with E-state index in [9.17, 15) is 4.79 Å². The van der Waals surface area contributed by atoms with Crippen LogP contribution in [0.25, 0.3) is 11.3 Å². The number of pyridine rings is 1. The van der Waals surface area contributed by atoms with E-state index in [0.29, 0.717) is 24.2 Å². The first-order chi connectivity index (χ1) is 14.7. The first-order valence-corrected chi connectivity index (χ1v) is 10.4. The zero-order valence-corrected chi connectivity index (χ0v) is 16.7. The SMILES string of the molecule is O=C1O[C@]2(CC[C@H](CNc3cc(-c4ccccc4)no3)CC2)CN1c1ccccn1. The Morgan fingerprint density at radius 1 is 1.10 bits per heavy atom. The second kappa shape index (κ2) is 7.82. The summed E-state index contributed by atoms with van der Waals surface area (Å²) in [7, 11) is 0. The number of benzene rings is 1. The molecule has 7 heteroatoms. The van der Waals surface area contributed by atoms with Crippen LogP contribution in [0.4, 0.5) is 16.5 Å². The van der Waals surface area contributed by atoms with E-state index in [-0.39, 0.29) is 6.09 Å². The molecule has 2 fully saturated rings. The summed E-state index contributed by atoms with van der Waals surface area (Å²) in [5.41, 5.74) is 1.47. The summed E-state index contributed by atoms with van der Waals surface area (Å²) in [6.07, 6.45) is 5.12. The molecule has 154 valence electrons. The van der Waals surface area contributed by atoms with E-state index in [1.165, 1.54) is 0 Å². The van der Waals surface area contributed by atoms with Crippen LogP contribution in [-0.2, 0) is 4.74 Å². The van der Waals surface area contributed by atoms with Crippen molar-refractivity contribution in [3.63, 3.8) is 0 Å². The lowest BCUT2D eigenvalue weighted by Gasteiger charge is -2.35. The Balaban J connectivity index is 1.15. The fourth-order valence-corrected chi connectivity index (χ4v) is 4.33. The highest BCUT2D eigenvalue weighted by Crippen LogP contribution is 2.40. The molecule has 1 saturated carbocycles. The molecule has 0 radical (unpaired) electrons. The molecule has 0 bridgehead atoms. The smallest absolute Gasteiger partial charge is 0.416 e. The Morgan fingerprint density at radius 3 is 2.67 bits per heavy atom. The fourth-order valence-electron chi connectivity index (χ4n) is 4.33. The predicted octanol–water partition coefficient (Wildman–Crippen LogP) is 4.73. The van der Waals surface area contributed by atoms with Gasteiger partial charge in [-0.3, -0.25) is 4.90 Å². The second-order valence-corrected chi connectivity index (χ2v) is 8.09. The van der Waals surface area contributed by atoms with Crippen LogP contribution in [0.15, 0.2) is 65.3 Å². The van der Waals surface area contributed by atoms with Crippen LogP contribution in [0, 0.1) is 5.92 Å². The van der Waals surface area contributed by atoms with E-state index < -0.39 is 5.60 Å². The zero-order valence-electron chi connectivity index (χ0n) is 16.7. The van der Waals surface area contributed by atoms with Crippen molar-refractivity contribution in [1.29, 1.82) is 0 Å². The molecule has 1 N–H and O–H groups in total. The molecular weight excluding hydrogens is 380 g/mol. The van der Waals surface area contributed by atoms with Gasteiger partial charge >= 0.3 is 6.09 Å². The van der Waals surface area contributed by atoms with Gasteiger partial charge in [-0.2, -0.15) is 0 Å². The third-order valence-corrected chi connectivity index (χ3v) is 6.06. The van der Waals surface area contributed by atoms with Gasteiger partial charge in [0.2, 0.25) is 5.88 Å². The largest absolute Gasteiger partial charge is 0.441 e. The van der Waals surface area contributed by atoms with E-state index in [2.05, 4.69) is 15.5 Å². The van der Waals surface area contributed by atoms with Crippen molar-refractivity contribution in [3.8, 4) is 11.3 Å². The van der Waals surface area contributed by atoms with Gasteiger partial charge in [-0.15, -0.1) is 0 Å². The van der Waals surface area contributed by atoms with Crippen molar-refractivity contribution in [1.82, 2.24) is 10.1 Å². The number of carbonyl (C=O) groups is 1. The molecule has 1 aliphatic heterocycles. The van der Waals surface area contributed by atoms with Crippen molar-refractivity contribution in [3.05, 3.63) is 60.8 Å². The molecule has 1 aliphatic carbocycles. The van der Waals surface area contributed by atoms with Crippen molar-refractivity contribution >= 4 is 17.8 Å². The maximum absolute atomic E-state index is 12.4. The third-order valence-electron chi connectivity index (χ3n) is 6.06. The summed E-state index contributed by atoms with van der Waals surface area (Å²) in [5, 5.41) is 7.52.